The maximum atomic E-state index is 14.7. The third kappa shape index (κ3) is 3.23. The molecule has 40 heavy (non-hydrogen) atoms. The second kappa shape index (κ2) is 9.14. The Morgan fingerprint density at radius 1 is 1.18 bits per heavy atom. The summed E-state index contributed by atoms with van der Waals surface area (Å²) < 4.78 is 19.4. The SMILES string of the molecule is COc1cncc2c1[C@]1(O)[C@H](O)[C@H](C(=O)N3[C@@H]4CC[C@H]3COC4)[C@@H](c3ccccc3)[C@]1(C1(C)C=CC(Br)=CC1)O2. The Balaban J connectivity index is 1.50. The van der Waals surface area contributed by atoms with Gasteiger partial charge < -0.3 is 29.3 Å². The molecule has 1 amide bonds. The predicted octanol–water partition coefficient (Wildman–Crippen LogP) is 3.82. The third-order valence-electron chi connectivity index (χ3n) is 10.00. The Morgan fingerprint density at radius 2 is 1.90 bits per heavy atom. The highest BCUT2D eigenvalue weighted by Gasteiger charge is 2.82. The molecule has 1 saturated carbocycles. The number of hydrogen-bond donors (Lipinski definition) is 2. The number of morpholine rings is 1. The first kappa shape index (κ1) is 26.2. The molecule has 1 aromatic carbocycles. The van der Waals surface area contributed by atoms with E-state index in [-0.39, 0.29) is 18.0 Å². The van der Waals surface area contributed by atoms with Crippen LogP contribution < -0.4 is 9.47 Å². The highest BCUT2D eigenvalue weighted by molar-refractivity contribution is 9.11. The number of carbonyl (C=O) groups is 1. The van der Waals surface area contributed by atoms with E-state index in [4.69, 9.17) is 14.2 Å². The van der Waals surface area contributed by atoms with Crippen molar-refractivity contribution in [3.8, 4) is 11.5 Å². The minimum absolute atomic E-state index is 0.0445. The molecule has 9 heteroatoms. The summed E-state index contributed by atoms with van der Waals surface area (Å²) in [5, 5.41) is 25.6. The molecule has 8 atom stereocenters. The van der Waals surface area contributed by atoms with Crippen molar-refractivity contribution in [1.82, 2.24) is 9.88 Å². The lowest BCUT2D eigenvalue weighted by Gasteiger charge is -2.51. The highest BCUT2D eigenvalue weighted by atomic mass is 79.9. The highest BCUT2D eigenvalue weighted by Crippen LogP contribution is 2.72. The normalized spacial score (nSPS) is 39.4. The van der Waals surface area contributed by atoms with Crippen LogP contribution in [-0.4, -0.2) is 70.1 Å². The van der Waals surface area contributed by atoms with E-state index < -0.39 is 34.6 Å². The van der Waals surface area contributed by atoms with Crippen molar-refractivity contribution in [3.63, 3.8) is 0 Å². The van der Waals surface area contributed by atoms with Crippen LogP contribution in [0.5, 0.6) is 11.5 Å². The van der Waals surface area contributed by atoms with E-state index in [0.717, 1.165) is 22.9 Å². The number of aliphatic hydroxyl groups excluding tert-OH is 1. The number of halogens is 1. The van der Waals surface area contributed by atoms with Gasteiger partial charge in [-0.3, -0.25) is 9.78 Å². The van der Waals surface area contributed by atoms with E-state index in [1.54, 1.807) is 6.20 Å². The minimum Gasteiger partial charge on any atom is -0.495 e. The Bertz CT molecular complexity index is 1400. The van der Waals surface area contributed by atoms with Crippen molar-refractivity contribution in [2.45, 2.75) is 61.5 Å². The van der Waals surface area contributed by atoms with E-state index >= 15 is 0 Å². The summed E-state index contributed by atoms with van der Waals surface area (Å²) in [6.45, 7) is 2.99. The number of hydrogen-bond acceptors (Lipinski definition) is 7. The molecule has 7 rings (SSSR count). The van der Waals surface area contributed by atoms with Gasteiger partial charge in [0.2, 0.25) is 5.91 Å². The van der Waals surface area contributed by atoms with Crippen LogP contribution in [0.2, 0.25) is 0 Å². The van der Waals surface area contributed by atoms with Crippen molar-refractivity contribution in [1.29, 1.82) is 0 Å². The van der Waals surface area contributed by atoms with Crippen LogP contribution >= 0.6 is 15.9 Å². The molecule has 8 nitrogen and oxygen atoms in total. The van der Waals surface area contributed by atoms with Crippen LogP contribution in [0.25, 0.3) is 0 Å². The minimum atomic E-state index is -1.99. The molecule has 210 valence electrons. The molecular formula is C31H33BrN2O6. The number of methoxy groups -OCH3 is 1. The van der Waals surface area contributed by atoms with Crippen LogP contribution in [0, 0.1) is 11.3 Å². The van der Waals surface area contributed by atoms with Gasteiger partial charge in [-0.2, -0.15) is 0 Å². The van der Waals surface area contributed by atoms with Crippen LogP contribution in [0.1, 0.15) is 43.2 Å². The second-order valence-corrected chi connectivity index (χ2v) is 12.8. The van der Waals surface area contributed by atoms with Crippen LogP contribution in [0.3, 0.4) is 0 Å². The second-order valence-electron chi connectivity index (χ2n) is 11.9. The van der Waals surface area contributed by atoms with Crippen LogP contribution in [-0.2, 0) is 15.1 Å². The first-order valence-electron chi connectivity index (χ1n) is 13.9. The molecule has 4 heterocycles. The van der Waals surface area contributed by atoms with E-state index in [9.17, 15) is 15.0 Å². The van der Waals surface area contributed by atoms with Gasteiger partial charge >= 0.3 is 0 Å². The third-order valence-corrected chi connectivity index (χ3v) is 10.6. The molecule has 3 fully saturated rings. The van der Waals surface area contributed by atoms with Crippen LogP contribution in [0.15, 0.2) is 65.4 Å². The number of nitrogens with zero attached hydrogens (tertiary/aromatic N) is 2. The molecule has 3 aliphatic heterocycles. The number of aromatic nitrogens is 1. The average molecular weight is 610 g/mol. The van der Waals surface area contributed by atoms with Gasteiger partial charge in [0.1, 0.15) is 17.6 Å². The van der Waals surface area contributed by atoms with Gasteiger partial charge in [0, 0.05) is 15.8 Å². The summed E-state index contributed by atoms with van der Waals surface area (Å²) in [6.07, 6.45) is 9.86. The molecule has 2 bridgehead atoms. The molecule has 2 N–H and O–H groups in total. The van der Waals surface area contributed by atoms with E-state index in [2.05, 4.69) is 20.9 Å². The molecule has 1 aromatic heterocycles. The Kier molecular flexibility index (Phi) is 5.99. The van der Waals surface area contributed by atoms with Crippen molar-refractivity contribution in [3.05, 3.63) is 76.6 Å². The topological polar surface area (TPSA) is 101 Å². The lowest BCUT2D eigenvalue weighted by Crippen LogP contribution is -2.63. The number of benzene rings is 1. The monoisotopic (exact) mass is 608 g/mol. The fraction of sp³-hybridized carbons (Fsp3) is 0.484. The molecule has 5 aliphatic rings. The van der Waals surface area contributed by atoms with Crippen molar-refractivity contribution in [2.24, 2.45) is 11.3 Å². The number of rotatable bonds is 4. The number of fused-ring (bicyclic) bond motifs is 5. The zero-order valence-corrected chi connectivity index (χ0v) is 24.1. The summed E-state index contributed by atoms with van der Waals surface area (Å²) in [5.74, 6) is -1.17. The zero-order valence-electron chi connectivity index (χ0n) is 22.5. The van der Waals surface area contributed by atoms with E-state index in [0.29, 0.717) is 36.7 Å². The molecule has 2 saturated heterocycles. The lowest BCUT2D eigenvalue weighted by molar-refractivity contribution is -0.185. The average Bonchev–Trinajstić information content (AvgIpc) is 3.48. The largest absolute Gasteiger partial charge is 0.495 e. The molecule has 0 spiro atoms. The fourth-order valence-electron chi connectivity index (χ4n) is 8.26. The summed E-state index contributed by atoms with van der Waals surface area (Å²) in [5.41, 5.74) is -3.13. The summed E-state index contributed by atoms with van der Waals surface area (Å²) in [4.78, 5) is 21.0. The van der Waals surface area contributed by atoms with Crippen molar-refractivity contribution < 1.29 is 29.2 Å². The maximum Gasteiger partial charge on any atom is 0.229 e. The summed E-state index contributed by atoms with van der Waals surface area (Å²) in [7, 11) is 1.51. The van der Waals surface area contributed by atoms with Crippen molar-refractivity contribution in [2.75, 3.05) is 20.3 Å². The van der Waals surface area contributed by atoms with E-state index in [1.165, 1.54) is 13.3 Å². The number of aliphatic hydroxyl groups is 2. The first-order valence-corrected chi connectivity index (χ1v) is 14.7. The predicted molar refractivity (Wildman–Crippen MR) is 150 cm³/mol. The lowest BCUT2D eigenvalue weighted by atomic mass is 9.58. The number of carbonyl (C=O) groups excluding carboxylic acids is 1. The number of amides is 1. The standard InChI is InChI=1S/C31H33BrN2O6/c1-29(12-10-19(32)11-13-29)31-25(18-6-4-3-5-7-18)24(28(36)34-20-8-9-21(34)17-39-16-20)27(35)30(31,37)26-22(38-2)14-33-15-23(26)40-31/h3-7,10-12,14-15,20-21,24-25,27,35,37H,8-9,13,16-17H2,1-2H3/t20-,21+,24-,25-,27-,29?,30+,31-/m1/s1. The van der Waals surface area contributed by atoms with Gasteiger partial charge in [-0.05, 0) is 24.8 Å². The van der Waals surface area contributed by atoms with Crippen LogP contribution in [0.4, 0.5) is 0 Å². The van der Waals surface area contributed by atoms with Gasteiger partial charge in [-0.25, -0.2) is 0 Å². The molecule has 1 unspecified atom stereocenters. The molecular weight excluding hydrogens is 576 g/mol. The Hall–Kier alpha value is -2.72. The van der Waals surface area contributed by atoms with Gasteiger partial charge in [-0.1, -0.05) is 71.4 Å². The number of allylic oxidation sites excluding steroid dienone is 3. The van der Waals surface area contributed by atoms with Gasteiger partial charge in [0.15, 0.2) is 11.2 Å². The first-order chi connectivity index (χ1) is 19.3. The van der Waals surface area contributed by atoms with Gasteiger partial charge in [0.05, 0.1) is 56.3 Å². The van der Waals surface area contributed by atoms with E-state index in [1.807, 2.05) is 60.4 Å². The number of pyridine rings is 1. The maximum absolute atomic E-state index is 14.7. The molecule has 0 radical (unpaired) electrons. The fourth-order valence-corrected chi connectivity index (χ4v) is 8.56. The zero-order chi connectivity index (χ0) is 27.9. The van der Waals surface area contributed by atoms with Gasteiger partial charge in [0.25, 0.3) is 0 Å². The molecule has 2 aliphatic carbocycles. The molecule has 2 aromatic rings. The smallest absolute Gasteiger partial charge is 0.229 e. The summed E-state index contributed by atoms with van der Waals surface area (Å²) >= 11 is 3.58. The Labute approximate surface area is 241 Å². The quantitative estimate of drug-likeness (QED) is 0.544. The van der Waals surface area contributed by atoms with Crippen molar-refractivity contribution >= 4 is 21.8 Å². The Morgan fingerprint density at radius 3 is 2.55 bits per heavy atom. The number of ether oxygens (including phenoxy) is 3. The van der Waals surface area contributed by atoms with Gasteiger partial charge in [-0.15, -0.1) is 0 Å². The summed E-state index contributed by atoms with van der Waals surface area (Å²) in [6, 6.07) is 9.60.